The predicted molar refractivity (Wildman–Crippen MR) is 79.0 cm³/mol. The van der Waals surface area contributed by atoms with Crippen molar-refractivity contribution >= 4 is 15.9 Å². The maximum absolute atomic E-state index is 12.6. The molecule has 1 unspecified atom stereocenters. The van der Waals surface area contributed by atoms with E-state index in [9.17, 15) is 13.2 Å². The number of rotatable bonds is 7. The number of hydrogen-bond acceptors (Lipinski definition) is 3. The van der Waals surface area contributed by atoms with Crippen molar-refractivity contribution in [1.29, 1.82) is 0 Å². The Kier molecular flexibility index (Phi) is 6.80. The third kappa shape index (κ3) is 5.39. The molecule has 0 saturated carbocycles. The van der Waals surface area contributed by atoms with Gasteiger partial charge in [0.1, 0.15) is 0 Å². The maximum atomic E-state index is 12.6. The molecule has 21 heavy (non-hydrogen) atoms. The monoisotopic (exact) mass is 369 g/mol. The van der Waals surface area contributed by atoms with Crippen molar-refractivity contribution in [2.75, 3.05) is 20.3 Å². The molecule has 1 aromatic rings. The van der Waals surface area contributed by atoms with E-state index in [-0.39, 0.29) is 0 Å². The topological polar surface area (TPSA) is 30.5 Å². The summed E-state index contributed by atoms with van der Waals surface area (Å²) in [5.74, 6) is 0.955. The molecule has 0 aliphatic heterocycles. The Morgan fingerprint density at radius 3 is 2.10 bits per heavy atom. The molecule has 0 aromatic heterocycles. The van der Waals surface area contributed by atoms with Gasteiger partial charge in [0, 0.05) is 10.5 Å². The zero-order chi connectivity index (χ0) is 16.0. The molecule has 1 atom stereocenters. The zero-order valence-electron chi connectivity index (χ0n) is 12.2. The van der Waals surface area contributed by atoms with Gasteiger partial charge in [-0.3, -0.25) is 0 Å². The van der Waals surface area contributed by atoms with E-state index < -0.39 is 18.6 Å². The summed E-state index contributed by atoms with van der Waals surface area (Å²) in [5, 5.41) is 2.69. The van der Waals surface area contributed by atoms with Crippen LogP contribution in [0.3, 0.4) is 0 Å². The van der Waals surface area contributed by atoms with Crippen LogP contribution in [-0.2, 0) is 0 Å². The van der Waals surface area contributed by atoms with Crippen molar-refractivity contribution in [3.8, 4) is 11.5 Å². The van der Waals surface area contributed by atoms with Gasteiger partial charge in [-0.2, -0.15) is 13.2 Å². The van der Waals surface area contributed by atoms with Gasteiger partial charge < -0.3 is 14.8 Å². The molecule has 0 spiro atoms. The van der Waals surface area contributed by atoms with E-state index in [1.165, 1.54) is 7.05 Å². The zero-order valence-corrected chi connectivity index (χ0v) is 13.8. The second-order valence-electron chi connectivity index (χ2n) is 4.35. The maximum Gasteiger partial charge on any atom is 0.390 e. The van der Waals surface area contributed by atoms with Gasteiger partial charge in [-0.25, -0.2) is 0 Å². The second kappa shape index (κ2) is 7.89. The fourth-order valence-electron chi connectivity index (χ4n) is 1.95. The standard InChI is InChI=1S/C14H19BrF3NO2/c1-4-20-12-6-9(10(15)7-13(12)21-5-2)11(19-3)8-14(16,17)18/h6-7,11,19H,4-5,8H2,1-3H3. The average molecular weight is 370 g/mol. The molecule has 0 bridgehead atoms. The van der Waals surface area contributed by atoms with E-state index in [0.29, 0.717) is 34.7 Å². The Morgan fingerprint density at radius 1 is 1.14 bits per heavy atom. The molecule has 1 aromatic carbocycles. The summed E-state index contributed by atoms with van der Waals surface area (Å²) in [5.41, 5.74) is 0.488. The summed E-state index contributed by atoms with van der Waals surface area (Å²) in [6.07, 6.45) is -5.21. The Labute approximate surface area is 130 Å². The number of halogens is 4. The van der Waals surface area contributed by atoms with Gasteiger partial charge in [0.05, 0.1) is 19.6 Å². The Balaban J connectivity index is 3.18. The first-order valence-electron chi connectivity index (χ1n) is 6.65. The number of hydrogen-bond donors (Lipinski definition) is 1. The van der Waals surface area contributed by atoms with Gasteiger partial charge in [0.2, 0.25) is 0 Å². The van der Waals surface area contributed by atoms with Gasteiger partial charge in [-0.1, -0.05) is 15.9 Å². The highest BCUT2D eigenvalue weighted by atomic mass is 79.9. The van der Waals surface area contributed by atoms with Crippen molar-refractivity contribution in [2.24, 2.45) is 0 Å². The molecule has 0 amide bonds. The van der Waals surface area contributed by atoms with Gasteiger partial charge in [0.15, 0.2) is 11.5 Å². The third-order valence-corrected chi connectivity index (χ3v) is 3.51. The SMILES string of the molecule is CCOc1cc(Br)c(C(CC(F)(F)F)NC)cc1OCC. The molecule has 0 fully saturated rings. The lowest BCUT2D eigenvalue weighted by molar-refractivity contribution is -0.140. The van der Waals surface area contributed by atoms with E-state index in [4.69, 9.17) is 9.47 Å². The summed E-state index contributed by atoms with van der Waals surface area (Å²) in [4.78, 5) is 0. The van der Waals surface area contributed by atoms with Crippen LogP contribution in [0.4, 0.5) is 13.2 Å². The number of benzene rings is 1. The van der Waals surface area contributed by atoms with Gasteiger partial charge in [-0.15, -0.1) is 0 Å². The quantitative estimate of drug-likeness (QED) is 0.769. The molecule has 7 heteroatoms. The van der Waals surface area contributed by atoms with E-state index in [1.807, 2.05) is 13.8 Å². The number of nitrogens with one attached hydrogen (secondary N) is 1. The minimum Gasteiger partial charge on any atom is -0.490 e. The number of ether oxygens (including phenoxy) is 2. The summed E-state index contributed by atoms with van der Waals surface area (Å²) in [7, 11) is 1.50. The van der Waals surface area contributed by atoms with Crippen LogP contribution < -0.4 is 14.8 Å². The van der Waals surface area contributed by atoms with Crippen molar-refractivity contribution in [3.05, 3.63) is 22.2 Å². The molecule has 3 nitrogen and oxygen atoms in total. The molecule has 1 rings (SSSR count). The second-order valence-corrected chi connectivity index (χ2v) is 5.20. The van der Waals surface area contributed by atoms with Crippen LogP contribution in [0.5, 0.6) is 11.5 Å². The summed E-state index contributed by atoms with van der Waals surface area (Å²) < 4.78 is 49.4. The van der Waals surface area contributed by atoms with Gasteiger partial charge >= 0.3 is 6.18 Å². The molecule has 0 heterocycles. The predicted octanol–water partition coefficient (Wildman–Crippen LogP) is 4.46. The van der Waals surface area contributed by atoms with Crippen molar-refractivity contribution in [3.63, 3.8) is 0 Å². The van der Waals surface area contributed by atoms with E-state index in [1.54, 1.807) is 12.1 Å². The molecule has 0 aliphatic carbocycles. The first-order chi connectivity index (χ1) is 9.82. The lowest BCUT2D eigenvalue weighted by Crippen LogP contribution is -2.24. The average Bonchev–Trinajstić information content (AvgIpc) is 2.38. The first-order valence-corrected chi connectivity index (χ1v) is 7.44. The third-order valence-electron chi connectivity index (χ3n) is 2.82. The normalized spacial score (nSPS) is 13.1. The van der Waals surface area contributed by atoms with Crippen molar-refractivity contribution in [1.82, 2.24) is 5.32 Å². The molecule has 120 valence electrons. The first kappa shape index (κ1) is 18.1. The number of alkyl halides is 3. The minimum absolute atomic E-state index is 0.407. The summed E-state index contributed by atoms with van der Waals surface area (Å²) >= 11 is 3.31. The smallest absolute Gasteiger partial charge is 0.390 e. The molecule has 0 saturated heterocycles. The Morgan fingerprint density at radius 2 is 1.67 bits per heavy atom. The van der Waals surface area contributed by atoms with Crippen molar-refractivity contribution < 1.29 is 22.6 Å². The fraction of sp³-hybridized carbons (Fsp3) is 0.571. The molecule has 1 N–H and O–H groups in total. The van der Waals surface area contributed by atoms with E-state index >= 15 is 0 Å². The van der Waals surface area contributed by atoms with Crippen molar-refractivity contribution in [2.45, 2.75) is 32.5 Å². The molecule has 0 aliphatic rings. The van der Waals surface area contributed by atoms with Crippen LogP contribution >= 0.6 is 15.9 Å². The van der Waals surface area contributed by atoms with Crippen LogP contribution in [0.15, 0.2) is 16.6 Å². The van der Waals surface area contributed by atoms with Gasteiger partial charge in [0.25, 0.3) is 0 Å². The minimum atomic E-state index is -4.25. The lowest BCUT2D eigenvalue weighted by atomic mass is 10.0. The largest absolute Gasteiger partial charge is 0.490 e. The van der Waals surface area contributed by atoms with Crippen LogP contribution in [-0.4, -0.2) is 26.4 Å². The summed E-state index contributed by atoms with van der Waals surface area (Å²) in [6.45, 7) is 4.49. The van der Waals surface area contributed by atoms with Crippen LogP contribution in [0.2, 0.25) is 0 Å². The van der Waals surface area contributed by atoms with E-state index in [0.717, 1.165) is 0 Å². The van der Waals surface area contributed by atoms with E-state index in [2.05, 4.69) is 21.2 Å². The van der Waals surface area contributed by atoms with Gasteiger partial charge in [-0.05, 0) is 38.6 Å². The Hall–Kier alpha value is -0.950. The van der Waals surface area contributed by atoms with Crippen LogP contribution in [0.25, 0.3) is 0 Å². The van der Waals surface area contributed by atoms with Crippen LogP contribution in [0, 0.1) is 0 Å². The highest BCUT2D eigenvalue weighted by molar-refractivity contribution is 9.10. The fourth-order valence-corrected chi connectivity index (χ4v) is 2.55. The highest BCUT2D eigenvalue weighted by Gasteiger charge is 2.33. The highest BCUT2D eigenvalue weighted by Crippen LogP contribution is 2.39. The molecule has 0 radical (unpaired) electrons. The summed E-state index contributed by atoms with van der Waals surface area (Å²) in [6, 6.07) is 2.38. The molecular weight excluding hydrogens is 351 g/mol. The Bertz CT molecular complexity index is 466. The lowest BCUT2D eigenvalue weighted by Gasteiger charge is -2.22. The molecular formula is C14H19BrF3NO2. The van der Waals surface area contributed by atoms with Crippen LogP contribution in [0.1, 0.15) is 31.9 Å².